The molecule has 204 valence electrons. The number of benzene rings is 3. The summed E-state index contributed by atoms with van der Waals surface area (Å²) in [6, 6.07) is 18.8. The van der Waals surface area contributed by atoms with Crippen molar-refractivity contribution in [1.29, 1.82) is 0 Å². The first kappa shape index (κ1) is 27.2. The van der Waals surface area contributed by atoms with Crippen LogP contribution >= 0.6 is 11.9 Å². The molecule has 3 aromatic carbocycles. The van der Waals surface area contributed by atoms with E-state index in [-0.39, 0.29) is 23.4 Å². The van der Waals surface area contributed by atoms with Crippen LogP contribution in [0.1, 0.15) is 40.2 Å². The van der Waals surface area contributed by atoms with Crippen molar-refractivity contribution in [1.82, 2.24) is 9.62 Å². The van der Waals surface area contributed by atoms with E-state index >= 15 is 0 Å². The van der Waals surface area contributed by atoms with Gasteiger partial charge in [0.15, 0.2) is 0 Å². The van der Waals surface area contributed by atoms with Gasteiger partial charge in [-0.25, -0.2) is 17.1 Å². The lowest BCUT2D eigenvalue weighted by atomic mass is 9.89. The molecule has 10 heteroatoms. The van der Waals surface area contributed by atoms with Crippen molar-refractivity contribution < 1.29 is 22.0 Å². The molecule has 5 rings (SSSR count). The molecule has 0 saturated carbocycles. The molecule has 1 aliphatic heterocycles. The van der Waals surface area contributed by atoms with Gasteiger partial charge in [0.25, 0.3) is 5.91 Å². The smallest absolute Gasteiger partial charge is 0.255 e. The molecule has 0 bridgehead atoms. The van der Waals surface area contributed by atoms with Gasteiger partial charge in [0, 0.05) is 43.4 Å². The minimum atomic E-state index is -3.51. The van der Waals surface area contributed by atoms with Gasteiger partial charge in [0.05, 0.1) is 17.0 Å². The van der Waals surface area contributed by atoms with E-state index < -0.39 is 10.0 Å². The Morgan fingerprint density at radius 2 is 1.87 bits per heavy atom. The fourth-order valence-corrected chi connectivity index (χ4v) is 7.18. The highest BCUT2D eigenvalue weighted by atomic mass is 32.2. The molecule has 1 atom stereocenters. The third-order valence-electron chi connectivity index (χ3n) is 7.04. The standard InChI is InChI=1S/C29H30FN3O4S2/c1-31-29(34)27-24-15-23(21-9-6-14-33(17-21)39(35,36)18-19-7-4-3-5-8-19)25(32-38-2)16-26(24)37-28(27)20-10-12-22(30)13-11-20/h3-5,7-8,10-13,15-16,21,32H,6,9,14,17-18H2,1-2H3,(H,31,34)/t21-/m1/s1. The van der Waals surface area contributed by atoms with Crippen molar-refractivity contribution >= 4 is 44.5 Å². The largest absolute Gasteiger partial charge is 0.455 e. The molecule has 0 radical (unpaired) electrons. The lowest BCUT2D eigenvalue weighted by molar-refractivity contribution is 0.0964. The van der Waals surface area contributed by atoms with Crippen LogP contribution in [0.25, 0.3) is 22.3 Å². The number of hydrogen-bond donors (Lipinski definition) is 2. The summed E-state index contributed by atoms with van der Waals surface area (Å²) in [4.78, 5) is 13.1. The van der Waals surface area contributed by atoms with E-state index in [0.29, 0.717) is 40.9 Å². The number of nitrogens with zero attached hydrogens (tertiary/aromatic N) is 1. The van der Waals surface area contributed by atoms with Crippen LogP contribution in [0.4, 0.5) is 10.1 Å². The molecule has 0 aliphatic carbocycles. The van der Waals surface area contributed by atoms with E-state index in [9.17, 15) is 17.6 Å². The van der Waals surface area contributed by atoms with Gasteiger partial charge in [0.2, 0.25) is 10.0 Å². The molecule has 0 unspecified atom stereocenters. The minimum absolute atomic E-state index is 0.0426. The molecule has 39 heavy (non-hydrogen) atoms. The number of fused-ring (bicyclic) bond motifs is 1. The summed E-state index contributed by atoms with van der Waals surface area (Å²) in [5, 5.41) is 3.31. The van der Waals surface area contributed by atoms with Gasteiger partial charge in [-0.3, -0.25) is 4.79 Å². The third-order valence-corrected chi connectivity index (χ3v) is 9.28. The molecule has 2 heterocycles. The summed E-state index contributed by atoms with van der Waals surface area (Å²) in [7, 11) is -1.96. The SMILES string of the molecule is CNC(=O)c1c(-c2ccc(F)cc2)oc2cc(NSC)c([C@@H]3CCCN(S(=O)(=O)Cc4ccccc4)C3)cc12. The second-order valence-electron chi connectivity index (χ2n) is 9.57. The summed E-state index contributed by atoms with van der Waals surface area (Å²) in [6.07, 6.45) is 3.45. The maximum atomic E-state index is 13.6. The minimum Gasteiger partial charge on any atom is -0.455 e. The maximum absolute atomic E-state index is 13.6. The van der Waals surface area contributed by atoms with E-state index in [1.54, 1.807) is 23.5 Å². The van der Waals surface area contributed by atoms with Gasteiger partial charge in [-0.1, -0.05) is 42.3 Å². The van der Waals surface area contributed by atoms with Crippen LogP contribution < -0.4 is 10.0 Å². The maximum Gasteiger partial charge on any atom is 0.255 e. The van der Waals surface area contributed by atoms with E-state index in [0.717, 1.165) is 29.7 Å². The average Bonchev–Trinajstić information content (AvgIpc) is 3.31. The van der Waals surface area contributed by atoms with Crippen molar-refractivity contribution in [2.24, 2.45) is 0 Å². The number of hydrogen-bond acceptors (Lipinski definition) is 6. The number of carbonyl (C=O) groups excluding carboxylic acids is 1. The Morgan fingerprint density at radius 1 is 1.13 bits per heavy atom. The van der Waals surface area contributed by atoms with Crippen LogP contribution in [0.3, 0.4) is 0 Å². The number of amides is 1. The van der Waals surface area contributed by atoms with Crippen LogP contribution in [0.5, 0.6) is 0 Å². The van der Waals surface area contributed by atoms with Crippen LogP contribution in [-0.4, -0.2) is 45.0 Å². The fourth-order valence-electron chi connectivity index (χ4n) is 5.18. The lowest BCUT2D eigenvalue weighted by Gasteiger charge is -2.33. The van der Waals surface area contributed by atoms with Crippen LogP contribution in [0.15, 0.2) is 71.1 Å². The second kappa shape index (κ2) is 11.4. The summed E-state index contributed by atoms with van der Waals surface area (Å²) in [6.45, 7) is 0.824. The van der Waals surface area contributed by atoms with Gasteiger partial charge in [0.1, 0.15) is 17.2 Å². The molecular weight excluding hydrogens is 537 g/mol. The monoisotopic (exact) mass is 567 g/mol. The first-order chi connectivity index (χ1) is 18.8. The summed E-state index contributed by atoms with van der Waals surface area (Å²) < 4.78 is 51.3. The number of nitrogens with one attached hydrogen (secondary N) is 2. The van der Waals surface area contributed by atoms with Crippen molar-refractivity contribution in [3.05, 3.63) is 89.2 Å². The number of halogens is 1. The van der Waals surface area contributed by atoms with E-state index in [1.807, 2.05) is 48.7 Å². The number of furan rings is 1. The molecule has 7 nitrogen and oxygen atoms in total. The first-order valence-electron chi connectivity index (χ1n) is 12.7. The molecule has 1 amide bonds. The van der Waals surface area contributed by atoms with Crippen LogP contribution in [0.2, 0.25) is 0 Å². The predicted molar refractivity (Wildman–Crippen MR) is 155 cm³/mol. The number of piperidine rings is 1. The summed E-state index contributed by atoms with van der Waals surface area (Å²) >= 11 is 1.42. The van der Waals surface area contributed by atoms with E-state index in [2.05, 4.69) is 10.0 Å². The second-order valence-corrected chi connectivity index (χ2v) is 12.2. The normalized spacial score (nSPS) is 16.3. The van der Waals surface area contributed by atoms with Crippen molar-refractivity contribution in [3.8, 4) is 11.3 Å². The predicted octanol–water partition coefficient (Wildman–Crippen LogP) is 6.00. The molecule has 1 saturated heterocycles. The number of rotatable bonds is 8. The third kappa shape index (κ3) is 5.68. The highest BCUT2D eigenvalue weighted by Gasteiger charge is 2.32. The molecule has 1 aromatic heterocycles. The fraction of sp³-hybridized carbons (Fsp3) is 0.276. The lowest BCUT2D eigenvalue weighted by Crippen LogP contribution is -2.39. The van der Waals surface area contributed by atoms with Gasteiger partial charge < -0.3 is 14.5 Å². The Bertz CT molecular complexity index is 1590. The van der Waals surface area contributed by atoms with Crippen molar-refractivity contribution in [2.45, 2.75) is 24.5 Å². The van der Waals surface area contributed by atoms with E-state index in [1.165, 1.54) is 24.1 Å². The average molecular weight is 568 g/mol. The zero-order chi connectivity index (χ0) is 27.6. The first-order valence-corrected chi connectivity index (χ1v) is 15.5. The Kier molecular flexibility index (Phi) is 7.97. The zero-order valence-corrected chi connectivity index (χ0v) is 23.4. The van der Waals surface area contributed by atoms with Gasteiger partial charge in [-0.05, 0) is 60.2 Å². The number of anilines is 1. The topological polar surface area (TPSA) is 91.7 Å². The Labute approximate surface area is 232 Å². The molecule has 4 aromatic rings. The Morgan fingerprint density at radius 3 is 2.56 bits per heavy atom. The van der Waals surface area contributed by atoms with Gasteiger partial charge in [-0.2, -0.15) is 0 Å². The van der Waals surface area contributed by atoms with Gasteiger partial charge in [-0.15, -0.1) is 0 Å². The van der Waals surface area contributed by atoms with Crippen molar-refractivity contribution in [3.63, 3.8) is 0 Å². The molecule has 1 aliphatic rings. The number of sulfonamides is 1. The molecule has 1 fully saturated rings. The highest BCUT2D eigenvalue weighted by molar-refractivity contribution is 7.99. The Hall–Kier alpha value is -3.34. The van der Waals surface area contributed by atoms with Crippen LogP contribution in [0, 0.1) is 5.82 Å². The molecule has 2 N–H and O–H groups in total. The summed E-state index contributed by atoms with van der Waals surface area (Å²) in [5.41, 5.74) is 3.95. The zero-order valence-electron chi connectivity index (χ0n) is 21.7. The van der Waals surface area contributed by atoms with Crippen LogP contribution in [-0.2, 0) is 15.8 Å². The van der Waals surface area contributed by atoms with E-state index in [4.69, 9.17) is 4.42 Å². The molecular formula is C29H30FN3O4S2. The van der Waals surface area contributed by atoms with Crippen molar-refractivity contribution in [2.75, 3.05) is 31.1 Å². The quantitative estimate of drug-likeness (QED) is 0.254. The van der Waals surface area contributed by atoms with Gasteiger partial charge >= 0.3 is 0 Å². The summed E-state index contributed by atoms with van der Waals surface area (Å²) in [5.74, 6) is -0.467. The Balaban J connectivity index is 1.56. The highest BCUT2D eigenvalue weighted by Crippen LogP contribution is 2.41. The molecule has 0 spiro atoms. The number of carbonyl (C=O) groups is 1.